The molecule has 7 nitrogen and oxygen atoms in total. The molecule has 5 rings (SSSR count). The number of hydrogen-bond donors (Lipinski definition) is 2. The molecule has 10 heteroatoms. The third-order valence-electron chi connectivity index (χ3n) is 6.82. The maximum Gasteiger partial charge on any atom is 0.416 e. The summed E-state index contributed by atoms with van der Waals surface area (Å²) in [6, 6.07) is 6.56. The molecule has 2 fully saturated rings. The monoisotopic (exact) mass is 487 g/mol. The van der Waals surface area contributed by atoms with Gasteiger partial charge in [-0.3, -0.25) is 4.98 Å². The minimum absolute atomic E-state index is 0.176. The average Bonchev–Trinajstić information content (AvgIpc) is 2.85. The lowest BCUT2D eigenvalue weighted by molar-refractivity contribution is -0.137. The third kappa shape index (κ3) is 5.33. The number of phenols is 1. The summed E-state index contributed by atoms with van der Waals surface area (Å²) in [5.74, 6) is 0.699. The molecule has 2 aliphatic rings. The van der Waals surface area contributed by atoms with Crippen LogP contribution in [0.2, 0.25) is 0 Å². The van der Waals surface area contributed by atoms with Gasteiger partial charge in [0.15, 0.2) is 5.82 Å². The Balaban J connectivity index is 1.37. The number of piperidine rings is 1. The summed E-state index contributed by atoms with van der Waals surface area (Å²) in [5, 5.41) is 23.1. The molecule has 0 unspecified atom stereocenters. The molecule has 2 aliphatic heterocycles. The summed E-state index contributed by atoms with van der Waals surface area (Å²) < 4.78 is 44.6. The summed E-state index contributed by atoms with van der Waals surface area (Å²) in [7, 11) is 0. The van der Waals surface area contributed by atoms with Gasteiger partial charge in [-0.2, -0.15) is 13.2 Å². The predicted molar refractivity (Wildman–Crippen MR) is 126 cm³/mol. The van der Waals surface area contributed by atoms with Crippen molar-refractivity contribution in [3.8, 4) is 17.0 Å². The SMILES string of the molecule is Oc1cc(C(F)(F)F)ccc1-c1nnc(N[C@@H]2CCCN(CC3CCOCC3)C2)c2ncccc12. The number of pyridine rings is 1. The van der Waals surface area contributed by atoms with E-state index in [2.05, 4.69) is 25.4 Å². The molecule has 1 aromatic carbocycles. The molecule has 0 aliphatic carbocycles. The number of ether oxygens (including phenoxy) is 1. The fraction of sp³-hybridized carbons (Fsp3) is 0.480. The Hall–Kier alpha value is -2.98. The van der Waals surface area contributed by atoms with Crippen molar-refractivity contribution in [1.82, 2.24) is 20.1 Å². The van der Waals surface area contributed by atoms with Crippen molar-refractivity contribution >= 4 is 16.7 Å². The van der Waals surface area contributed by atoms with Crippen LogP contribution in [0.1, 0.15) is 31.2 Å². The van der Waals surface area contributed by atoms with Crippen molar-refractivity contribution in [3.05, 3.63) is 42.1 Å². The molecule has 0 saturated carbocycles. The molecular weight excluding hydrogens is 459 g/mol. The van der Waals surface area contributed by atoms with Crippen LogP contribution in [-0.4, -0.2) is 64.1 Å². The van der Waals surface area contributed by atoms with Gasteiger partial charge in [-0.25, -0.2) is 0 Å². The number of phenolic OH excluding ortho intramolecular Hbond substituents is 1. The summed E-state index contributed by atoms with van der Waals surface area (Å²) in [6.07, 6.45) is 1.39. The van der Waals surface area contributed by atoms with Gasteiger partial charge >= 0.3 is 6.18 Å². The van der Waals surface area contributed by atoms with Crippen LogP contribution in [0, 0.1) is 5.92 Å². The number of anilines is 1. The van der Waals surface area contributed by atoms with Crippen molar-refractivity contribution < 1.29 is 23.0 Å². The predicted octanol–water partition coefficient (Wildman–Crippen LogP) is 4.72. The standard InChI is InChI=1S/C25H28F3N5O2/c26-25(27,28)17-5-6-19(21(34)13-17)22-20-4-1-9-29-23(20)24(32-31-22)30-18-3-2-10-33(15-18)14-16-7-11-35-12-8-16/h1,4-6,9,13,16,18,34H,2-3,7-8,10-12,14-15H2,(H,30,32)/t18-/m1/s1. The van der Waals surface area contributed by atoms with Crippen LogP contribution in [0.25, 0.3) is 22.2 Å². The minimum Gasteiger partial charge on any atom is -0.507 e. The molecule has 0 amide bonds. The van der Waals surface area contributed by atoms with Gasteiger partial charge in [-0.15, -0.1) is 10.2 Å². The lowest BCUT2D eigenvalue weighted by atomic mass is 9.97. The van der Waals surface area contributed by atoms with Crippen LogP contribution in [0.4, 0.5) is 19.0 Å². The van der Waals surface area contributed by atoms with Gasteiger partial charge in [0.2, 0.25) is 0 Å². The average molecular weight is 488 g/mol. The number of rotatable bonds is 5. The summed E-state index contributed by atoms with van der Waals surface area (Å²) in [4.78, 5) is 6.97. The second kappa shape index (κ2) is 9.94. The molecule has 2 aromatic heterocycles. The first kappa shape index (κ1) is 23.7. The number of benzene rings is 1. The lowest BCUT2D eigenvalue weighted by Crippen LogP contribution is -2.44. The van der Waals surface area contributed by atoms with Crippen LogP contribution in [-0.2, 0) is 10.9 Å². The van der Waals surface area contributed by atoms with E-state index in [0.717, 1.165) is 64.6 Å². The van der Waals surface area contributed by atoms with E-state index in [-0.39, 0.29) is 17.3 Å². The Morgan fingerprint density at radius 2 is 1.94 bits per heavy atom. The topological polar surface area (TPSA) is 83.4 Å². The van der Waals surface area contributed by atoms with Gasteiger partial charge in [0, 0.05) is 49.5 Å². The molecule has 0 radical (unpaired) electrons. The highest BCUT2D eigenvalue weighted by molar-refractivity contribution is 5.98. The van der Waals surface area contributed by atoms with Gasteiger partial charge in [0.25, 0.3) is 0 Å². The number of nitrogens with zero attached hydrogens (tertiary/aromatic N) is 4. The molecule has 2 N–H and O–H groups in total. The van der Waals surface area contributed by atoms with Gasteiger partial charge in [-0.1, -0.05) is 0 Å². The van der Waals surface area contributed by atoms with Crippen LogP contribution < -0.4 is 5.32 Å². The number of likely N-dealkylation sites (tertiary alicyclic amines) is 1. The molecule has 4 heterocycles. The van der Waals surface area contributed by atoms with Crippen molar-refractivity contribution in [1.29, 1.82) is 0 Å². The van der Waals surface area contributed by atoms with Crippen LogP contribution in [0.15, 0.2) is 36.5 Å². The maximum atomic E-state index is 13.0. The lowest BCUT2D eigenvalue weighted by Gasteiger charge is -2.36. The van der Waals surface area contributed by atoms with E-state index in [4.69, 9.17) is 4.74 Å². The van der Waals surface area contributed by atoms with Gasteiger partial charge in [-0.05, 0) is 68.5 Å². The number of fused-ring (bicyclic) bond motifs is 1. The maximum absolute atomic E-state index is 13.0. The first-order chi connectivity index (χ1) is 16.9. The highest BCUT2D eigenvalue weighted by Gasteiger charge is 2.31. The fourth-order valence-corrected chi connectivity index (χ4v) is 5.02. The number of aromatic hydroxyl groups is 1. The Morgan fingerprint density at radius 3 is 2.71 bits per heavy atom. The Morgan fingerprint density at radius 1 is 1.11 bits per heavy atom. The van der Waals surface area contributed by atoms with E-state index in [1.165, 1.54) is 6.07 Å². The molecule has 35 heavy (non-hydrogen) atoms. The van der Waals surface area contributed by atoms with E-state index < -0.39 is 17.5 Å². The second-order valence-corrected chi connectivity index (χ2v) is 9.33. The zero-order valence-corrected chi connectivity index (χ0v) is 19.3. The van der Waals surface area contributed by atoms with Crippen molar-refractivity contribution in [2.24, 2.45) is 5.92 Å². The highest BCUT2D eigenvalue weighted by Crippen LogP contribution is 2.38. The van der Waals surface area contributed by atoms with Gasteiger partial charge < -0.3 is 20.1 Å². The van der Waals surface area contributed by atoms with E-state index in [1.807, 2.05) is 0 Å². The number of alkyl halides is 3. The first-order valence-corrected chi connectivity index (χ1v) is 12.0. The second-order valence-electron chi connectivity index (χ2n) is 9.33. The van der Waals surface area contributed by atoms with E-state index in [1.54, 1.807) is 18.3 Å². The summed E-state index contributed by atoms with van der Waals surface area (Å²) in [6.45, 7) is 4.72. The molecule has 2 saturated heterocycles. The highest BCUT2D eigenvalue weighted by atomic mass is 19.4. The van der Waals surface area contributed by atoms with Crippen LogP contribution in [0.3, 0.4) is 0 Å². The zero-order valence-electron chi connectivity index (χ0n) is 19.3. The van der Waals surface area contributed by atoms with Gasteiger partial charge in [0.05, 0.1) is 5.56 Å². The number of hydrogen-bond acceptors (Lipinski definition) is 7. The van der Waals surface area contributed by atoms with E-state index >= 15 is 0 Å². The number of aromatic nitrogens is 3. The molecule has 3 aromatic rings. The molecular formula is C25H28F3N5O2. The third-order valence-corrected chi connectivity index (χ3v) is 6.82. The van der Waals surface area contributed by atoms with Crippen molar-refractivity contribution in [3.63, 3.8) is 0 Å². The zero-order chi connectivity index (χ0) is 24.4. The first-order valence-electron chi connectivity index (χ1n) is 12.0. The quantitative estimate of drug-likeness (QED) is 0.539. The largest absolute Gasteiger partial charge is 0.507 e. The normalized spacial score (nSPS) is 20.3. The molecule has 1 atom stereocenters. The molecule has 186 valence electrons. The smallest absolute Gasteiger partial charge is 0.416 e. The van der Waals surface area contributed by atoms with E-state index in [9.17, 15) is 18.3 Å². The van der Waals surface area contributed by atoms with Crippen LogP contribution in [0.5, 0.6) is 5.75 Å². The minimum atomic E-state index is -4.54. The Kier molecular flexibility index (Phi) is 6.75. The Bertz CT molecular complexity index is 1180. The molecule has 0 spiro atoms. The fourth-order valence-electron chi connectivity index (χ4n) is 5.02. The Labute approximate surface area is 201 Å². The summed E-state index contributed by atoms with van der Waals surface area (Å²) in [5.41, 5.74) is 0.110. The van der Waals surface area contributed by atoms with E-state index in [0.29, 0.717) is 28.7 Å². The van der Waals surface area contributed by atoms with Crippen molar-refractivity contribution in [2.75, 3.05) is 38.2 Å². The molecule has 0 bridgehead atoms. The van der Waals surface area contributed by atoms with Crippen LogP contribution >= 0.6 is 0 Å². The number of halogens is 3. The summed E-state index contributed by atoms with van der Waals surface area (Å²) >= 11 is 0. The van der Waals surface area contributed by atoms with Crippen molar-refractivity contribution in [2.45, 2.75) is 37.9 Å². The number of nitrogens with one attached hydrogen (secondary N) is 1. The van der Waals surface area contributed by atoms with Gasteiger partial charge in [0.1, 0.15) is 17.0 Å².